The average molecular weight is 365 g/mol. The molecule has 9 heteroatoms. The van der Waals surface area contributed by atoms with Crippen molar-refractivity contribution in [1.29, 1.82) is 5.26 Å². The molecule has 4 aromatic heterocycles. The minimum Gasteiger partial charge on any atom is -0.346 e. The molecule has 0 amide bonds. The Morgan fingerprint density at radius 1 is 1.31 bits per heavy atom. The highest BCUT2D eigenvalue weighted by Crippen LogP contribution is 2.31. The van der Waals surface area contributed by atoms with Crippen LogP contribution in [-0.4, -0.2) is 37.8 Å². The lowest BCUT2D eigenvalue weighted by Crippen LogP contribution is -2.37. The van der Waals surface area contributed by atoms with Crippen LogP contribution in [0.4, 0.5) is 5.13 Å². The molecule has 0 aliphatic carbocycles. The number of nitrogens with zero attached hydrogens (tertiary/aromatic N) is 5. The summed E-state index contributed by atoms with van der Waals surface area (Å²) in [5.41, 5.74) is 1.55. The first-order valence-electron chi connectivity index (χ1n) is 8.42. The summed E-state index contributed by atoms with van der Waals surface area (Å²) >= 11 is 1.41. The molecule has 2 N–H and O–H groups in total. The summed E-state index contributed by atoms with van der Waals surface area (Å²) < 4.78 is 1.99. The average Bonchev–Trinajstić information content (AvgIpc) is 3.40. The van der Waals surface area contributed by atoms with Crippen LogP contribution in [0.2, 0.25) is 0 Å². The second-order valence-corrected chi connectivity index (χ2v) is 7.44. The Hall–Kier alpha value is -3.12. The molecule has 1 fully saturated rings. The highest BCUT2D eigenvalue weighted by atomic mass is 32.1. The maximum atomic E-state index is 12.4. The van der Waals surface area contributed by atoms with Gasteiger partial charge in [-0.15, -0.1) is 0 Å². The van der Waals surface area contributed by atoms with Crippen LogP contribution in [0, 0.1) is 11.3 Å². The first-order chi connectivity index (χ1) is 12.7. The van der Waals surface area contributed by atoms with Gasteiger partial charge >= 0.3 is 0 Å². The summed E-state index contributed by atoms with van der Waals surface area (Å²) in [5.74, 6) is 0. The minimum atomic E-state index is -0.117. The van der Waals surface area contributed by atoms with Crippen LogP contribution in [-0.2, 0) is 0 Å². The van der Waals surface area contributed by atoms with Crippen LogP contribution in [0.3, 0.4) is 0 Å². The number of pyridine rings is 1. The zero-order valence-electron chi connectivity index (χ0n) is 13.8. The van der Waals surface area contributed by atoms with Gasteiger partial charge in [0.1, 0.15) is 16.6 Å². The zero-order chi connectivity index (χ0) is 17.7. The third kappa shape index (κ3) is 2.23. The van der Waals surface area contributed by atoms with Gasteiger partial charge in [0, 0.05) is 30.9 Å². The normalized spacial score (nSPS) is 17.8. The Bertz CT molecular complexity index is 1210. The number of aromatic nitrogens is 5. The van der Waals surface area contributed by atoms with Crippen molar-refractivity contribution in [2.75, 3.05) is 18.0 Å². The number of nitrogens with one attached hydrogen (secondary N) is 2. The second-order valence-electron chi connectivity index (χ2n) is 6.43. The number of hydrogen-bond acceptors (Lipinski definition) is 6. The van der Waals surface area contributed by atoms with Crippen LogP contribution in [0.1, 0.15) is 23.8 Å². The molecule has 1 unspecified atom stereocenters. The molecule has 0 bridgehead atoms. The number of nitriles is 1. The van der Waals surface area contributed by atoms with Crippen LogP contribution >= 0.6 is 11.3 Å². The number of rotatable bonds is 2. The van der Waals surface area contributed by atoms with E-state index >= 15 is 0 Å². The molecule has 5 heterocycles. The van der Waals surface area contributed by atoms with Crippen molar-refractivity contribution >= 4 is 38.4 Å². The second kappa shape index (κ2) is 5.71. The van der Waals surface area contributed by atoms with E-state index in [9.17, 15) is 4.79 Å². The van der Waals surface area contributed by atoms with Crippen molar-refractivity contribution in [1.82, 2.24) is 24.7 Å². The van der Waals surface area contributed by atoms with Gasteiger partial charge in [0.2, 0.25) is 0 Å². The number of aromatic amines is 2. The van der Waals surface area contributed by atoms with Gasteiger partial charge in [-0.25, -0.2) is 9.97 Å². The topological polar surface area (TPSA) is 106 Å². The van der Waals surface area contributed by atoms with E-state index in [4.69, 9.17) is 5.26 Å². The zero-order valence-corrected chi connectivity index (χ0v) is 14.6. The Balaban J connectivity index is 1.58. The minimum absolute atomic E-state index is 0.117. The van der Waals surface area contributed by atoms with Gasteiger partial charge in [-0.05, 0) is 18.9 Å². The van der Waals surface area contributed by atoms with Gasteiger partial charge in [-0.2, -0.15) is 5.26 Å². The summed E-state index contributed by atoms with van der Waals surface area (Å²) in [6, 6.07) is 4.22. The largest absolute Gasteiger partial charge is 0.346 e. The van der Waals surface area contributed by atoms with Crippen molar-refractivity contribution in [3.63, 3.8) is 0 Å². The molecule has 0 aromatic carbocycles. The summed E-state index contributed by atoms with van der Waals surface area (Å²) in [6.45, 7) is 1.64. The highest BCUT2D eigenvalue weighted by molar-refractivity contribution is 7.16. The van der Waals surface area contributed by atoms with Crippen molar-refractivity contribution in [2.45, 2.75) is 18.9 Å². The molecule has 1 saturated heterocycles. The lowest BCUT2D eigenvalue weighted by atomic mass is 10.1. The van der Waals surface area contributed by atoms with E-state index in [1.807, 2.05) is 16.9 Å². The van der Waals surface area contributed by atoms with Gasteiger partial charge in [0.05, 0.1) is 23.1 Å². The summed E-state index contributed by atoms with van der Waals surface area (Å²) in [7, 11) is 0. The van der Waals surface area contributed by atoms with Gasteiger partial charge in [0.15, 0.2) is 5.13 Å². The van der Waals surface area contributed by atoms with E-state index in [0.29, 0.717) is 10.3 Å². The fourth-order valence-electron chi connectivity index (χ4n) is 3.72. The molecule has 130 valence electrons. The number of fused-ring (bicyclic) bond motifs is 3. The lowest BCUT2D eigenvalue weighted by Gasteiger charge is -2.33. The van der Waals surface area contributed by atoms with E-state index in [1.165, 1.54) is 11.3 Å². The maximum absolute atomic E-state index is 12.4. The molecule has 1 atom stereocenters. The molecule has 1 aliphatic rings. The smallest absolute Gasteiger partial charge is 0.273 e. The SMILES string of the molecule is N#Cc1cnc(N2CCCC(n3[nH]c(=O)c4cnc5[nH]ccc5c43)C2)s1. The lowest BCUT2D eigenvalue weighted by molar-refractivity contribution is 0.384. The van der Waals surface area contributed by atoms with Gasteiger partial charge < -0.3 is 9.88 Å². The standard InChI is InChI=1S/C17H15N7OS/c18-6-11-7-21-17(26-11)23-5-1-2-10(9-23)24-14-12-3-4-19-15(12)20-8-13(14)16(25)22-24/h3-4,7-8,10H,1-2,5,9H2,(H,19,20)(H,22,25). The predicted octanol–water partition coefficient (Wildman–Crippen LogP) is 2.38. The summed E-state index contributed by atoms with van der Waals surface area (Å²) in [4.78, 5) is 27.0. The molecule has 8 nitrogen and oxygen atoms in total. The molecule has 5 rings (SSSR count). The van der Waals surface area contributed by atoms with Gasteiger partial charge in [-0.3, -0.25) is 14.6 Å². The van der Waals surface area contributed by atoms with Crippen molar-refractivity contribution in [3.05, 3.63) is 39.9 Å². The van der Waals surface area contributed by atoms with E-state index in [0.717, 1.165) is 47.6 Å². The fraction of sp³-hybridized carbons (Fsp3) is 0.294. The van der Waals surface area contributed by atoms with E-state index in [-0.39, 0.29) is 11.6 Å². The number of thiazole rings is 1. The van der Waals surface area contributed by atoms with Crippen LogP contribution in [0.25, 0.3) is 21.9 Å². The molecule has 26 heavy (non-hydrogen) atoms. The Morgan fingerprint density at radius 2 is 2.23 bits per heavy atom. The number of piperidine rings is 1. The molecule has 0 spiro atoms. The molecular formula is C17H15N7OS. The predicted molar refractivity (Wildman–Crippen MR) is 99.5 cm³/mol. The third-order valence-electron chi connectivity index (χ3n) is 4.90. The fourth-order valence-corrected chi connectivity index (χ4v) is 4.47. The maximum Gasteiger partial charge on any atom is 0.273 e. The first kappa shape index (κ1) is 15.2. The molecule has 0 saturated carbocycles. The highest BCUT2D eigenvalue weighted by Gasteiger charge is 2.26. The van der Waals surface area contributed by atoms with Crippen molar-refractivity contribution in [3.8, 4) is 6.07 Å². The third-order valence-corrected chi connectivity index (χ3v) is 5.86. The van der Waals surface area contributed by atoms with E-state index < -0.39 is 0 Å². The number of hydrogen-bond donors (Lipinski definition) is 2. The van der Waals surface area contributed by atoms with Gasteiger partial charge in [-0.1, -0.05) is 11.3 Å². The van der Waals surface area contributed by atoms with E-state index in [2.05, 4.69) is 31.0 Å². The van der Waals surface area contributed by atoms with Crippen LogP contribution in [0.15, 0.2) is 29.5 Å². The monoisotopic (exact) mass is 365 g/mol. The molecule has 4 aromatic rings. The van der Waals surface area contributed by atoms with E-state index in [1.54, 1.807) is 12.4 Å². The Morgan fingerprint density at radius 3 is 3.08 bits per heavy atom. The van der Waals surface area contributed by atoms with Gasteiger partial charge in [0.25, 0.3) is 5.56 Å². The molecular weight excluding hydrogens is 350 g/mol. The first-order valence-corrected chi connectivity index (χ1v) is 9.23. The Kier molecular flexibility index (Phi) is 3.33. The van der Waals surface area contributed by atoms with Crippen molar-refractivity contribution in [2.24, 2.45) is 0 Å². The van der Waals surface area contributed by atoms with Crippen LogP contribution < -0.4 is 10.5 Å². The summed E-state index contributed by atoms with van der Waals surface area (Å²) in [5, 5.41) is 14.4. The quantitative estimate of drug-likeness (QED) is 0.567. The number of H-pyrrole nitrogens is 2. The summed E-state index contributed by atoms with van der Waals surface area (Å²) in [6.07, 6.45) is 7.05. The molecule has 1 aliphatic heterocycles. The Labute approximate surface area is 151 Å². The molecule has 0 radical (unpaired) electrons. The van der Waals surface area contributed by atoms with Crippen LogP contribution in [0.5, 0.6) is 0 Å². The number of anilines is 1. The van der Waals surface area contributed by atoms with Crippen molar-refractivity contribution < 1.29 is 0 Å².